The molecule has 10 heteroatoms. The molecule has 9 nitrogen and oxygen atoms in total. The van der Waals surface area contributed by atoms with Gasteiger partial charge in [0.05, 0.1) is 33.8 Å². The second kappa shape index (κ2) is 66.6. The van der Waals surface area contributed by atoms with Crippen molar-refractivity contribution in [1.82, 2.24) is 5.32 Å². The highest BCUT2D eigenvalue weighted by Gasteiger charge is 2.30. The Balaban J connectivity index is 4.93. The summed E-state index contributed by atoms with van der Waals surface area (Å²) in [5.74, 6) is -0.495. The zero-order valence-corrected chi connectivity index (χ0v) is 59.4. The fourth-order valence-corrected chi connectivity index (χ4v) is 11.9. The quantitative estimate of drug-likeness (QED) is 0.0205. The lowest BCUT2D eigenvalue weighted by atomic mass is 10.0. The van der Waals surface area contributed by atoms with Crippen molar-refractivity contribution < 1.29 is 37.3 Å². The van der Waals surface area contributed by atoms with Crippen LogP contribution in [-0.4, -0.2) is 74.3 Å². The Morgan fingerprint density at radius 2 is 0.701 bits per heavy atom. The number of unbranched alkanes of at least 4 members (excludes halogenated alkanes) is 45. The Bertz CT molecular complexity index is 1670. The van der Waals surface area contributed by atoms with Gasteiger partial charge in [0.1, 0.15) is 19.3 Å². The van der Waals surface area contributed by atoms with Crippen LogP contribution in [0.3, 0.4) is 0 Å². The molecule has 0 aromatic carbocycles. The maximum Gasteiger partial charge on any atom is 0.472 e. The van der Waals surface area contributed by atoms with Crippen LogP contribution >= 0.6 is 7.82 Å². The molecule has 0 rings (SSSR count). The number of hydrogen-bond acceptors (Lipinski definition) is 6. The average molecular weight is 1240 g/mol. The third-order valence-electron chi connectivity index (χ3n) is 16.9. The number of allylic oxidation sites excluding steroid dienone is 9. The minimum absolute atomic E-state index is 0.0402. The van der Waals surface area contributed by atoms with Gasteiger partial charge in [0.2, 0.25) is 5.91 Å². The third kappa shape index (κ3) is 67.9. The highest BCUT2D eigenvalue weighted by molar-refractivity contribution is 7.47. The summed E-state index contributed by atoms with van der Waals surface area (Å²) < 4.78 is 30.9. The van der Waals surface area contributed by atoms with Gasteiger partial charge in [0.15, 0.2) is 0 Å². The van der Waals surface area contributed by atoms with Crippen LogP contribution in [0.1, 0.15) is 367 Å². The lowest BCUT2D eigenvalue weighted by molar-refractivity contribution is -0.870. The number of phosphoric ester groups is 1. The maximum atomic E-state index is 13.6. The van der Waals surface area contributed by atoms with Gasteiger partial charge in [-0.3, -0.25) is 18.6 Å². The third-order valence-corrected chi connectivity index (χ3v) is 17.9. The minimum Gasteiger partial charge on any atom is -0.456 e. The first kappa shape index (κ1) is 84.7. The zero-order valence-electron chi connectivity index (χ0n) is 58.5. The first-order valence-corrected chi connectivity index (χ1v) is 39.1. The van der Waals surface area contributed by atoms with Crippen LogP contribution < -0.4 is 5.32 Å². The van der Waals surface area contributed by atoms with Crippen LogP contribution in [0.25, 0.3) is 0 Å². The maximum absolute atomic E-state index is 13.6. The van der Waals surface area contributed by atoms with Gasteiger partial charge < -0.3 is 19.4 Å². The molecule has 0 fully saturated rings. The summed E-state index contributed by atoms with van der Waals surface area (Å²) in [4.78, 5) is 37.9. The Morgan fingerprint density at radius 1 is 0.402 bits per heavy atom. The van der Waals surface area contributed by atoms with Crippen LogP contribution in [0.2, 0.25) is 0 Å². The first-order valence-electron chi connectivity index (χ1n) is 37.6. The monoisotopic (exact) mass is 1240 g/mol. The average Bonchev–Trinajstić information content (AvgIpc) is 3.70. The molecule has 0 spiro atoms. The Morgan fingerprint density at radius 3 is 1.08 bits per heavy atom. The molecule has 0 saturated heterocycles. The molecule has 0 radical (unpaired) electrons. The number of ether oxygens (including phenoxy) is 1. The molecule has 510 valence electrons. The van der Waals surface area contributed by atoms with Crippen LogP contribution in [0.5, 0.6) is 0 Å². The van der Waals surface area contributed by atoms with Gasteiger partial charge in [-0.15, -0.1) is 0 Å². The highest BCUT2D eigenvalue weighted by atomic mass is 31.2. The minimum atomic E-state index is -4.46. The van der Waals surface area contributed by atoms with E-state index in [2.05, 4.69) is 74.7 Å². The summed E-state index contributed by atoms with van der Waals surface area (Å²) in [5.41, 5.74) is 0. The number of rotatable bonds is 69. The Labute approximate surface area is 541 Å². The van der Waals surface area contributed by atoms with Crippen molar-refractivity contribution in [3.63, 3.8) is 0 Å². The lowest BCUT2D eigenvalue weighted by Crippen LogP contribution is -2.47. The van der Waals surface area contributed by atoms with Gasteiger partial charge in [-0.2, -0.15) is 0 Å². The van der Waals surface area contributed by atoms with Crippen molar-refractivity contribution in [3.8, 4) is 0 Å². The molecular weight excluding hydrogens is 1100 g/mol. The summed E-state index contributed by atoms with van der Waals surface area (Å²) in [6, 6.07) is -0.850. The number of nitrogens with one attached hydrogen (secondary N) is 1. The molecule has 3 unspecified atom stereocenters. The Kier molecular flexibility index (Phi) is 64.9. The lowest BCUT2D eigenvalue weighted by Gasteiger charge is -2.27. The smallest absolute Gasteiger partial charge is 0.456 e. The van der Waals surface area contributed by atoms with Crippen molar-refractivity contribution in [2.75, 3.05) is 40.9 Å². The molecular formula is C77H146N2O7P+. The molecule has 2 N–H and O–H groups in total. The molecule has 0 aliphatic rings. The summed E-state index contributed by atoms with van der Waals surface area (Å²) in [7, 11) is 1.50. The molecule has 1 amide bonds. The van der Waals surface area contributed by atoms with Gasteiger partial charge in [0.25, 0.3) is 0 Å². The highest BCUT2D eigenvalue weighted by Crippen LogP contribution is 2.43. The van der Waals surface area contributed by atoms with E-state index in [1.807, 2.05) is 33.3 Å². The summed E-state index contributed by atoms with van der Waals surface area (Å²) in [5, 5.41) is 3.08. The molecule has 0 bridgehead atoms. The number of carbonyl (C=O) groups excluding carboxylic acids is 2. The van der Waals surface area contributed by atoms with Gasteiger partial charge in [0, 0.05) is 12.8 Å². The van der Waals surface area contributed by atoms with E-state index in [4.69, 9.17) is 13.8 Å². The second-order valence-electron chi connectivity index (χ2n) is 26.8. The fraction of sp³-hybridized carbons (Fsp3) is 0.844. The largest absolute Gasteiger partial charge is 0.472 e. The van der Waals surface area contributed by atoms with Crippen molar-refractivity contribution in [2.45, 2.75) is 380 Å². The van der Waals surface area contributed by atoms with Crippen molar-refractivity contribution in [3.05, 3.63) is 60.8 Å². The number of phosphoric acid groups is 1. The number of carbonyl (C=O) groups is 2. The molecule has 0 heterocycles. The van der Waals surface area contributed by atoms with Gasteiger partial charge >= 0.3 is 13.8 Å². The topological polar surface area (TPSA) is 111 Å². The van der Waals surface area contributed by atoms with E-state index in [1.165, 1.54) is 263 Å². The molecule has 0 aromatic heterocycles. The van der Waals surface area contributed by atoms with Crippen LogP contribution in [0.4, 0.5) is 0 Å². The van der Waals surface area contributed by atoms with Crippen LogP contribution in [0, 0.1) is 0 Å². The molecule has 3 atom stereocenters. The number of amides is 1. The van der Waals surface area contributed by atoms with Gasteiger partial charge in [-0.1, -0.05) is 319 Å². The number of esters is 1. The first-order chi connectivity index (χ1) is 42.4. The number of nitrogens with zero attached hydrogens (tertiary/aromatic N) is 1. The summed E-state index contributed by atoms with van der Waals surface area (Å²) >= 11 is 0. The molecule has 0 aromatic rings. The standard InChI is InChI=1S/C77H145N2O7P/c1-7-10-13-16-19-22-25-27-29-31-33-35-37-38-39-40-42-43-45-47-49-51-54-57-60-63-66-69-76(80)78-74(73-85-87(82,83)84-72-71-79(4,5)6)75(68-65-62-59-56-53-24-21-18-15-12-9-3)86-77(81)70-67-64-61-58-55-52-50-48-46-44-41-36-34-32-30-28-26-23-20-17-14-11-8-2/h20,23,27-30,34,36,65,68,74-75H,7-19,21-22,24-26,31-33,35,37-64,66-67,69-73H2,1-6H3,(H-,78,80,82,83)/p+1/b23-20-,29-27+,30-28-,36-34-,68-65-. The summed E-state index contributed by atoms with van der Waals surface area (Å²) in [6.45, 7) is 7.02. The van der Waals surface area contributed by atoms with Crippen molar-refractivity contribution in [1.29, 1.82) is 0 Å². The van der Waals surface area contributed by atoms with Crippen LogP contribution in [0.15, 0.2) is 60.8 Å². The van der Waals surface area contributed by atoms with Crippen molar-refractivity contribution in [2.24, 2.45) is 0 Å². The van der Waals surface area contributed by atoms with E-state index in [9.17, 15) is 19.0 Å². The van der Waals surface area contributed by atoms with E-state index < -0.39 is 20.0 Å². The molecule has 0 saturated carbocycles. The van der Waals surface area contributed by atoms with E-state index in [1.54, 1.807) is 0 Å². The molecule has 87 heavy (non-hydrogen) atoms. The fourth-order valence-electron chi connectivity index (χ4n) is 11.1. The van der Waals surface area contributed by atoms with E-state index in [0.29, 0.717) is 17.4 Å². The number of likely N-dealkylation sites (N-methyl/N-ethyl adjacent to an activating group) is 1. The van der Waals surface area contributed by atoms with Crippen LogP contribution in [-0.2, 0) is 27.9 Å². The van der Waals surface area contributed by atoms with Crippen molar-refractivity contribution >= 4 is 19.7 Å². The molecule has 0 aliphatic heterocycles. The number of quaternary nitrogens is 1. The van der Waals surface area contributed by atoms with Gasteiger partial charge in [-0.05, 0) is 96.0 Å². The predicted molar refractivity (Wildman–Crippen MR) is 378 cm³/mol. The molecule has 0 aliphatic carbocycles. The SMILES string of the molecule is CCCCC/C=C\C/C=C\C/C=C\CCCCCCCCCCCCC(=O)OC(/C=C\CCCCCCCCCCC)C(COP(=O)(O)OCC[N+](C)(C)C)NC(=O)CCCCCCCCCCCCCCCCCCC/C=C/CCCCCCCC. The predicted octanol–water partition coefficient (Wildman–Crippen LogP) is 24.1. The second-order valence-corrected chi connectivity index (χ2v) is 28.3. The van der Waals surface area contributed by atoms with E-state index >= 15 is 0 Å². The van der Waals surface area contributed by atoms with E-state index in [-0.39, 0.29) is 31.5 Å². The number of hydrogen-bond donors (Lipinski definition) is 2. The zero-order chi connectivity index (χ0) is 63.5. The summed E-state index contributed by atoms with van der Waals surface area (Å²) in [6.07, 6.45) is 86.8. The van der Waals surface area contributed by atoms with Gasteiger partial charge in [-0.25, -0.2) is 4.57 Å². The Hall–Kier alpha value is -2.29. The van der Waals surface area contributed by atoms with E-state index in [0.717, 1.165) is 70.6 Å². The normalized spacial score (nSPS) is 13.8.